The maximum atomic E-state index is 11.9. The predicted octanol–water partition coefficient (Wildman–Crippen LogP) is 1.24. The van der Waals surface area contributed by atoms with Crippen LogP contribution in [-0.4, -0.2) is 33.4 Å². The van der Waals surface area contributed by atoms with E-state index in [-0.39, 0.29) is 19.1 Å². The summed E-state index contributed by atoms with van der Waals surface area (Å²) in [6.07, 6.45) is 2.52. The van der Waals surface area contributed by atoms with Crippen LogP contribution in [0.25, 0.3) is 5.65 Å². The van der Waals surface area contributed by atoms with Gasteiger partial charge in [-0.1, -0.05) is 18.2 Å². The van der Waals surface area contributed by atoms with Crippen LogP contribution in [0.15, 0.2) is 48.7 Å². The Morgan fingerprint density at radius 3 is 2.87 bits per heavy atom. The maximum absolute atomic E-state index is 11.9. The van der Waals surface area contributed by atoms with Gasteiger partial charge in [0.2, 0.25) is 0 Å². The molecule has 0 bridgehead atoms. The highest BCUT2D eigenvalue weighted by molar-refractivity contribution is 5.80. The van der Waals surface area contributed by atoms with Gasteiger partial charge in [0, 0.05) is 6.20 Å². The van der Waals surface area contributed by atoms with Crippen molar-refractivity contribution in [3.63, 3.8) is 0 Å². The Labute approximate surface area is 131 Å². The van der Waals surface area contributed by atoms with Crippen molar-refractivity contribution in [3.8, 4) is 5.75 Å². The lowest BCUT2D eigenvalue weighted by molar-refractivity contribution is -0.123. The van der Waals surface area contributed by atoms with Crippen LogP contribution in [0, 0.1) is 0 Å². The molecule has 7 nitrogen and oxygen atoms in total. The molecule has 0 saturated heterocycles. The smallest absolute Gasteiger partial charge is 0.258 e. The molecule has 7 heteroatoms. The molecule has 0 aliphatic rings. The maximum Gasteiger partial charge on any atom is 0.258 e. The molecule has 116 valence electrons. The fraction of sp³-hybridized carbons (Fsp3) is 0.125. The lowest BCUT2D eigenvalue weighted by atomic mass is 10.2. The van der Waals surface area contributed by atoms with Gasteiger partial charge in [0.1, 0.15) is 5.75 Å². The number of pyridine rings is 1. The average molecular weight is 310 g/mol. The van der Waals surface area contributed by atoms with Crippen LogP contribution in [0.1, 0.15) is 16.2 Å². The zero-order valence-electron chi connectivity index (χ0n) is 12.2. The van der Waals surface area contributed by atoms with Crippen LogP contribution < -0.4 is 10.1 Å². The van der Waals surface area contributed by atoms with Gasteiger partial charge in [0.25, 0.3) is 5.91 Å². The van der Waals surface area contributed by atoms with E-state index in [1.165, 1.54) is 0 Å². The zero-order valence-corrected chi connectivity index (χ0v) is 12.2. The Morgan fingerprint density at radius 1 is 1.17 bits per heavy atom. The Balaban J connectivity index is 1.57. The molecule has 1 N–H and O–H groups in total. The van der Waals surface area contributed by atoms with E-state index >= 15 is 0 Å². The number of carbonyl (C=O) groups excluding carboxylic acids is 2. The molecule has 0 atom stereocenters. The highest BCUT2D eigenvalue weighted by Gasteiger charge is 2.08. The van der Waals surface area contributed by atoms with Crippen molar-refractivity contribution < 1.29 is 14.3 Å². The molecule has 1 amide bonds. The molecule has 2 heterocycles. The van der Waals surface area contributed by atoms with Crippen molar-refractivity contribution in [2.75, 3.05) is 6.61 Å². The second kappa shape index (κ2) is 6.69. The van der Waals surface area contributed by atoms with E-state index in [1.54, 1.807) is 28.7 Å². The normalized spacial score (nSPS) is 10.4. The third kappa shape index (κ3) is 3.34. The van der Waals surface area contributed by atoms with Crippen LogP contribution in [0.5, 0.6) is 5.75 Å². The molecular formula is C16H14N4O3. The molecule has 0 unspecified atom stereocenters. The van der Waals surface area contributed by atoms with Crippen molar-refractivity contribution >= 4 is 17.8 Å². The number of hydrogen-bond donors (Lipinski definition) is 1. The SMILES string of the molecule is O=Cc1ccccc1OCC(=O)NCc1nnc2ccccn12. The average Bonchev–Trinajstić information content (AvgIpc) is 3.01. The van der Waals surface area contributed by atoms with E-state index in [0.717, 1.165) is 0 Å². The van der Waals surface area contributed by atoms with Gasteiger partial charge < -0.3 is 10.1 Å². The Bertz CT molecular complexity index is 844. The lowest BCUT2D eigenvalue weighted by Gasteiger charge is -2.08. The van der Waals surface area contributed by atoms with Crippen molar-refractivity contribution in [1.82, 2.24) is 19.9 Å². The summed E-state index contributed by atoms with van der Waals surface area (Å²) in [7, 11) is 0. The largest absolute Gasteiger partial charge is 0.483 e. The number of hydrogen-bond acceptors (Lipinski definition) is 5. The van der Waals surface area contributed by atoms with Gasteiger partial charge in [-0.25, -0.2) is 0 Å². The number of ether oxygens (including phenoxy) is 1. The van der Waals surface area contributed by atoms with Gasteiger partial charge in [0.05, 0.1) is 12.1 Å². The third-order valence-corrected chi connectivity index (χ3v) is 3.23. The quantitative estimate of drug-likeness (QED) is 0.692. The van der Waals surface area contributed by atoms with Crippen LogP contribution in [0.2, 0.25) is 0 Å². The number of aromatic nitrogens is 3. The van der Waals surface area contributed by atoms with E-state index in [2.05, 4.69) is 15.5 Å². The summed E-state index contributed by atoms with van der Waals surface area (Å²) in [6.45, 7) is 0.0598. The molecule has 0 radical (unpaired) electrons. The topological polar surface area (TPSA) is 85.6 Å². The first-order valence-corrected chi connectivity index (χ1v) is 7.00. The van der Waals surface area contributed by atoms with Gasteiger partial charge in [-0.2, -0.15) is 0 Å². The summed E-state index contributed by atoms with van der Waals surface area (Å²) in [6, 6.07) is 12.3. The van der Waals surface area contributed by atoms with Crippen molar-refractivity contribution in [2.45, 2.75) is 6.54 Å². The minimum Gasteiger partial charge on any atom is -0.483 e. The van der Waals surface area contributed by atoms with Gasteiger partial charge in [-0.3, -0.25) is 14.0 Å². The number of nitrogens with one attached hydrogen (secondary N) is 1. The monoisotopic (exact) mass is 310 g/mol. The van der Waals surface area contributed by atoms with Gasteiger partial charge in [-0.15, -0.1) is 10.2 Å². The highest BCUT2D eigenvalue weighted by Crippen LogP contribution is 2.15. The molecule has 0 aliphatic heterocycles. The van der Waals surface area contributed by atoms with Crippen LogP contribution in [0.4, 0.5) is 0 Å². The summed E-state index contributed by atoms with van der Waals surface area (Å²) < 4.78 is 7.16. The molecular weight excluding hydrogens is 296 g/mol. The van der Waals surface area contributed by atoms with Crippen molar-refractivity contribution in [2.24, 2.45) is 0 Å². The number of fused-ring (bicyclic) bond motifs is 1. The van der Waals surface area contributed by atoms with E-state index < -0.39 is 0 Å². The predicted molar refractivity (Wildman–Crippen MR) is 82.2 cm³/mol. The number of benzene rings is 1. The Morgan fingerprint density at radius 2 is 2.00 bits per heavy atom. The summed E-state index contributed by atoms with van der Waals surface area (Å²) in [5, 5.41) is 10.7. The Hall–Kier alpha value is -3.22. The summed E-state index contributed by atoms with van der Waals surface area (Å²) in [5.74, 6) is 0.700. The fourth-order valence-electron chi connectivity index (χ4n) is 2.09. The molecule has 0 saturated carbocycles. The molecule has 0 fully saturated rings. The summed E-state index contributed by atoms with van der Waals surface area (Å²) in [5.41, 5.74) is 1.12. The van der Waals surface area contributed by atoms with Gasteiger partial charge in [0.15, 0.2) is 24.4 Å². The van der Waals surface area contributed by atoms with Crippen LogP contribution in [-0.2, 0) is 11.3 Å². The van der Waals surface area contributed by atoms with Crippen LogP contribution in [0.3, 0.4) is 0 Å². The second-order valence-electron chi connectivity index (χ2n) is 4.77. The molecule has 0 aliphatic carbocycles. The van der Waals surface area contributed by atoms with Crippen molar-refractivity contribution in [3.05, 3.63) is 60.0 Å². The molecule has 3 rings (SSSR count). The fourth-order valence-corrected chi connectivity index (χ4v) is 2.09. The van der Waals surface area contributed by atoms with Crippen LogP contribution >= 0.6 is 0 Å². The van der Waals surface area contributed by atoms with Crippen molar-refractivity contribution in [1.29, 1.82) is 0 Å². The number of carbonyl (C=O) groups is 2. The number of rotatable bonds is 6. The third-order valence-electron chi connectivity index (χ3n) is 3.23. The minimum atomic E-state index is -0.307. The first-order chi connectivity index (χ1) is 11.3. The molecule has 1 aromatic carbocycles. The standard InChI is InChI=1S/C16H14N4O3/c21-10-12-5-1-2-6-13(12)23-11-16(22)17-9-15-19-18-14-7-3-4-8-20(14)15/h1-8,10H,9,11H2,(H,17,22). The lowest BCUT2D eigenvalue weighted by Crippen LogP contribution is -2.29. The van der Waals surface area contributed by atoms with E-state index in [9.17, 15) is 9.59 Å². The second-order valence-corrected chi connectivity index (χ2v) is 4.77. The zero-order chi connectivity index (χ0) is 16.1. The van der Waals surface area contributed by atoms with Gasteiger partial charge in [-0.05, 0) is 24.3 Å². The first kappa shape index (κ1) is 14.7. The molecule has 23 heavy (non-hydrogen) atoms. The summed E-state index contributed by atoms with van der Waals surface area (Å²) in [4.78, 5) is 22.7. The molecule has 0 spiro atoms. The number of aldehydes is 1. The molecule has 2 aromatic heterocycles. The van der Waals surface area contributed by atoms with Gasteiger partial charge >= 0.3 is 0 Å². The minimum absolute atomic E-state index is 0.179. The first-order valence-electron chi connectivity index (χ1n) is 7.00. The molecule has 3 aromatic rings. The highest BCUT2D eigenvalue weighted by atomic mass is 16.5. The number of para-hydroxylation sites is 1. The number of nitrogens with zero attached hydrogens (tertiary/aromatic N) is 3. The number of amides is 1. The Kier molecular flexibility index (Phi) is 4.28. The summed E-state index contributed by atoms with van der Waals surface area (Å²) >= 11 is 0. The van der Waals surface area contributed by atoms with E-state index in [4.69, 9.17) is 4.74 Å². The van der Waals surface area contributed by atoms with E-state index in [0.29, 0.717) is 29.1 Å². The van der Waals surface area contributed by atoms with E-state index in [1.807, 2.05) is 24.4 Å².